The Balaban J connectivity index is 1.94. The Morgan fingerprint density at radius 2 is 2.19 bits per heavy atom. The lowest BCUT2D eigenvalue weighted by Gasteiger charge is -2.52. The summed E-state index contributed by atoms with van der Waals surface area (Å²) in [7, 11) is 2.98. The van der Waals surface area contributed by atoms with E-state index in [0.717, 1.165) is 55.4 Å². The van der Waals surface area contributed by atoms with Gasteiger partial charge in [-0.25, -0.2) is 4.79 Å². The number of furan rings is 1. The maximum absolute atomic E-state index is 13.2. The number of carbonyl (C=O) groups excluding carboxylic acids is 2. The van der Waals surface area contributed by atoms with Gasteiger partial charge in [0.15, 0.2) is 6.10 Å². The molecule has 0 amide bonds. The van der Waals surface area contributed by atoms with Crippen LogP contribution in [0.3, 0.4) is 0 Å². The van der Waals surface area contributed by atoms with Crippen molar-refractivity contribution in [2.45, 2.75) is 57.0 Å². The molecule has 6 heteroatoms. The number of carbonyl (C=O) groups is 2. The predicted molar refractivity (Wildman–Crippen MR) is 91.5 cm³/mol. The summed E-state index contributed by atoms with van der Waals surface area (Å²) in [5.41, 5.74) is 0.883. The van der Waals surface area contributed by atoms with Crippen LogP contribution in [0, 0.1) is 5.92 Å². The van der Waals surface area contributed by atoms with Gasteiger partial charge in [0.25, 0.3) is 0 Å². The molecule has 0 saturated carbocycles. The predicted octanol–water partition coefficient (Wildman–Crippen LogP) is 3.81. The van der Waals surface area contributed by atoms with Crippen LogP contribution in [-0.4, -0.2) is 26.2 Å². The van der Waals surface area contributed by atoms with Crippen LogP contribution < -0.4 is 0 Å². The van der Waals surface area contributed by atoms with Gasteiger partial charge in [0.2, 0.25) is 5.76 Å². The maximum atomic E-state index is 13.2. The third kappa shape index (κ3) is 2.10. The summed E-state index contributed by atoms with van der Waals surface area (Å²) in [4.78, 5) is 25.2. The Hall–Kier alpha value is -2.24. The van der Waals surface area contributed by atoms with E-state index in [2.05, 4.69) is 6.92 Å². The second kappa shape index (κ2) is 6.18. The van der Waals surface area contributed by atoms with Crippen LogP contribution in [0.25, 0.3) is 0 Å². The molecule has 5 rings (SSSR count). The van der Waals surface area contributed by atoms with Crippen LogP contribution in [0.5, 0.6) is 0 Å². The van der Waals surface area contributed by atoms with Gasteiger partial charge in [-0.2, -0.15) is 0 Å². The zero-order chi connectivity index (χ0) is 18.5. The molecule has 140 valence electrons. The molecule has 0 unspecified atom stereocenters. The molecule has 26 heavy (non-hydrogen) atoms. The average molecular weight is 360 g/mol. The SMILES string of the molecule is CCCCC1=C(OC)CC[C@@H]2C[C@H]3OC(=O)[C@@]12c1cc(C(=O)OC)oc13. The van der Waals surface area contributed by atoms with Gasteiger partial charge in [0.05, 0.1) is 20.0 Å². The van der Waals surface area contributed by atoms with Crippen molar-refractivity contribution in [3.8, 4) is 0 Å². The lowest BCUT2D eigenvalue weighted by Crippen LogP contribution is -2.56. The van der Waals surface area contributed by atoms with Gasteiger partial charge < -0.3 is 18.6 Å². The van der Waals surface area contributed by atoms with Gasteiger partial charge >= 0.3 is 11.9 Å². The Morgan fingerprint density at radius 1 is 1.38 bits per heavy atom. The van der Waals surface area contributed by atoms with Gasteiger partial charge in [0.1, 0.15) is 11.2 Å². The Labute approximate surface area is 152 Å². The van der Waals surface area contributed by atoms with Crippen LogP contribution in [0.1, 0.15) is 73.4 Å². The highest BCUT2D eigenvalue weighted by Gasteiger charge is 2.64. The Kier molecular flexibility index (Phi) is 4.09. The second-order valence-corrected chi connectivity index (χ2v) is 7.26. The Bertz CT molecular complexity index is 788. The molecule has 1 fully saturated rings. The first kappa shape index (κ1) is 17.2. The largest absolute Gasteiger partial charge is 0.501 e. The van der Waals surface area contributed by atoms with E-state index < -0.39 is 17.5 Å². The van der Waals surface area contributed by atoms with E-state index >= 15 is 0 Å². The monoisotopic (exact) mass is 360 g/mol. The minimum Gasteiger partial charge on any atom is -0.501 e. The molecule has 3 atom stereocenters. The summed E-state index contributed by atoms with van der Waals surface area (Å²) >= 11 is 0. The lowest BCUT2D eigenvalue weighted by atomic mass is 9.54. The molecule has 0 radical (unpaired) electrons. The third-order valence-electron chi connectivity index (χ3n) is 6.11. The first-order valence-corrected chi connectivity index (χ1v) is 9.27. The molecule has 2 aliphatic carbocycles. The standard InChI is InChI=1S/C20H24O6/c1-4-5-6-12-14(23-2)8-7-11-9-15-17-13(20(11,12)19(22)26-15)10-16(25-17)18(21)24-3/h10-11,15H,4-9H2,1-3H3/t11-,15-,20-/m1/s1. The fraction of sp³-hybridized carbons (Fsp3) is 0.600. The van der Waals surface area contributed by atoms with Gasteiger partial charge in [0, 0.05) is 12.0 Å². The highest BCUT2D eigenvalue weighted by atomic mass is 16.6. The molecule has 4 aliphatic rings. The number of hydrogen-bond donors (Lipinski definition) is 0. The number of fused-ring (bicyclic) bond motifs is 1. The van der Waals surface area contributed by atoms with Crippen LogP contribution in [0.4, 0.5) is 0 Å². The minimum absolute atomic E-state index is 0.125. The molecule has 6 nitrogen and oxygen atoms in total. The van der Waals surface area contributed by atoms with E-state index in [-0.39, 0.29) is 17.6 Å². The minimum atomic E-state index is -0.890. The normalized spacial score (nSPS) is 29.1. The van der Waals surface area contributed by atoms with Crippen LogP contribution >= 0.6 is 0 Å². The fourth-order valence-corrected chi connectivity index (χ4v) is 4.97. The lowest BCUT2D eigenvalue weighted by molar-refractivity contribution is -0.174. The number of methoxy groups -OCH3 is 2. The summed E-state index contributed by atoms with van der Waals surface area (Å²) < 4.78 is 22.0. The molecule has 2 aliphatic heterocycles. The highest BCUT2D eigenvalue weighted by molar-refractivity contribution is 5.93. The van der Waals surface area contributed by atoms with Crippen molar-refractivity contribution in [3.05, 3.63) is 34.5 Å². The first-order valence-electron chi connectivity index (χ1n) is 9.27. The molecule has 0 aromatic carbocycles. The van der Waals surface area contributed by atoms with Crippen molar-refractivity contribution in [2.75, 3.05) is 14.2 Å². The maximum Gasteiger partial charge on any atom is 0.373 e. The van der Waals surface area contributed by atoms with Crippen molar-refractivity contribution in [1.29, 1.82) is 0 Å². The molecule has 1 aromatic rings. The summed E-state index contributed by atoms with van der Waals surface area (Å²) in [6.07, 6.45) is 4.75. The van der Waals surface area contributed by atoms with Gasteiger partial charge in [-0.1, -0.05) is 13.3 Å². The molecule has 1 spiro atoms. The van der Waals surface area contributed by atoms with Crippen molar-refractivity contribution in [2.24, 2.45) is 5.92 Å². The van der Waals surface area contributed by atoms with E-state index in [0.29, 0.717) is 5.76 Å². The van der Waals surface area contributed by atoms with Crippen molar-refractivity contribution >= 4 is 11.9 Å². The summed E-state index contributed by atoms with van der Waals surface area (Å²) in [5.74, 6) is 0.964. The highest BCUT2D eigenvalue weighted by Crippen LogP contribution is 2.61. The van der Waals surface area contributed by atoms with Crippen molar-refractivity contribution in [1.82, 2.24) is 0 Å². The number of ether oxygens (including phenoxy) is 3. The van der Waals surface area contributed by atoms with Crippen LogP contribution in [0.15, 0.2) is 21.8 Å². The molecule has 2 bridgehead atoms. The van der Waals surface area contributed by atoms with Crippen LogP contribution in [-0.2, 0) is 24.4 Å². The van der Waals surface area contributed by atoms with E-state index in [9.17, 15) is 9.59 Å². The van der Waals surface area contributed by atoms with E-state index in [1.165, 1.54) is 7.11 Å². The van der Waals surface area contributed by atoms with E-state index in [1.807, 2.05) is 0 Å². The van der Waals surface area contributed by atoms with Crippen molar-refractivity contribution in [3.63, 3.8) is 0 Å². The number of rotatable bonds is 5. The summed E-state index contributed by atoms with van der Waals surface area (Å²) in [6.45, 7) is 2.12. The topological polar surface area (TPSA) is 75.0 Å². The summed E-state index contributed by atoms with van der Waals surface area (Å²) in [6, 6.07) is 1.69. The molecular formula is C20H24O6. The fourth-order valence-electron chi connectivity index (χ4n) is 4.97. The number of unbranched alkanes of at least 4 members (excludes halogenated alkanes) is 1. The summed E-state index contributed by atoms with van der Waals surface area (Å²) in [5, 5.41) is 0. The van der Waals surface area contributed by atoms with Gasteiger partial charge in [-0.05, 0) is 43.2 Å². The zero-order valence-electron chi connectivity index (χ0n) is 15.4. The molecule has 0 N–H and O–H groups in total. The number of hydrogen-bond acceptors (Lipinski definition) is 6. The number of esters is 2. The second-order valence-electron chi connectivity index (χ2n) is 7.26. The molecule has 3 heterocycles. The third-order valence-corrected chi connectivity index (χ3v) is 6.11. The van der Waals surface area contributed by atoms with Crippen LogP contribution in [0.2, 0.25) is 0 Å². The Morgan fingerprint density at radius 3 is 2.88 bits per heavy atom. The average Bonchev–Trinajstić information content (AvgIpc) is 3.12. The van der Waals surface area contributed by atoms with Gasteiger partial charge in [-0.3, -0.25) is 4.79 Å². The molecular weight excluding hydrogens is 336 g/mol. The van der Waals surface area contributed by atoms with Gasteiger partial charge in [-0.15, -0.1) is 0 Å². The van der Waals surface area contributed by atoms with Crippen molar-refractivity contribution < 1.29 is 28.2 Å². The quantitative estimate of drug-likeness (QED) is 0.744. The van der Waals surface area contributed by atoms with E-state index in [1.54, 1.807) is 13.2 Å². The first-order chi connectivity index (χ1) is 12.6. The number of allylic oxidation sites excluding steroid dienone is 1. The van der Waals surface area contributed by atoms with E-state index in [4.69, 9.17) is 18.6 Å². The molecule has 1 saturated heterocycles. The molecule has 1 aromatic heterocycles. The zero-order valence-corrected chi connectivity index (χ0v) is 15.4. The smallest absolute Gasteiger partial charge is 0.373 e.